The van der Waals surface area contributed by atoms with E-state index in [0.29, 0.717) is 24.0 Å². The van der Waals surface area contributed by atoms with Gasteiger partial charge in [0.05, 0.1) is 18.0 Å². The Hall–Kier alpha value is -2.51. The Morgan fingerprint density at radius 2 is 1.90 bits per heavy atom. The highest BCUT2D eigenvalue weighted by molar-refractivity contribution is 7.14. The normalized spacial score (nSPS) is 11.2. The van der Waals surface area contributed by atoms with Gasteiger partial charge in [0.15, 0.2) is 5.13 Å². The Labute approximate surface area is 176 Å². The lowest BCUT2D eigenvalue weighted by Gasteiger charge is -2.29. The molecule has 1 aromatic carbocycles. The Bertz CT molecular complexity index is 816. The number of hydrogen-bond donors (Lipinski definition) is 0. The van der Waals surface area contributed by atoms with E-state index < -0.39 is 0 Å². The number of aromatic nitrogens is 1. The van der Waals surface area contributed by atoms with Gasteiger partial charge in [0.1, 0.15) is 0 Å². The first kappa shape index (κ1) is 22.8. The first-order valence-corrected chi connectivity index (χ1v) is 10.7. The number of benzene rings is 1. The van der Waals surface area contributed by atoms with Crippen LogP contribution in [0.15, 0.2) is 41.8 Å². The van der Waals surface area contributed by atoms with E-state index in [-0.39, 0.29) is 17.9 Å². The molecule has 1 aromatic heterocycles. The second kappa shape index (κ2) is 11.5. The minimum Gasteiger partial charge on any atom is -0.383 e. The van der Waals surface area contributed by atoms with Crippen molar-refractivity contribution in [1.82, 2.24) is 9.88 Å². The fraction of sp³-hybridized carbons (Fsp3) is 0.409. The molecular weight excluding hydrogens is 386 g/mol. The molecule has 0 fully saturated rings. The van der Waals surface area contributed by atoms with E-state index in [1.54, 1.807) is 24.2 Å². The van der Waals surface area contributed by atoms with Gasteiger partial charge in [-0.2, -0.15) is 0 Å². The van der Waals surface area contributed by atoms with Crippen LogP contribution in [0.1, 0.15) is 39.3 Å². The van der Waals surface area contributed by atoms with Crippen LogP contribution in [0, 0.1) is 0 Å². The maximum absolute atomic E-state index is 12.7. The van der Waals surface area contributed by atoms with Crippen LogP contribution < -0.4 is 4.90 Å². The van der Waals surface area contributed by atoms with Gasteiger partial charge in [-0.25, -0.2) is 4.98 Å². The van der Waals surface area contributed by atoms with E-state index in [1.807, 2.05) is 40.6 Å². The van der Waals surface area contributed by atoms with E-state index in [0.717, 1.165) is 18.5 Å². The van der Waals surface area contributed by atoms with Gasteiger partial charge in [-0.05, 0) is 31.1 Å². The number of anilines is 2. The number of ether oxygens (including phenoxy) is 1. The van der Waals surface area contributed by atoms with Crippen LogP contribution >= 0.6 is 11.3 Å². The van der Waals surface area contributed by atoms with E-state index in [1.165, 1.54) is 18.3 Å². The first-order valence-electron chi connectivity index (χ1n) is 9.80. The molecule has 2 amide bonds. The third-order valence-corrected chi connectivity index (χ3v) is 5.47. The van der Waals surface area contributed by atoms with E-state index in [4.69, 9.17) is 4.74 Å². The number of para-hydroxylation sites is 1. The van der Waals surface area contributed by atoms with Crippen LogP contribution in [0.4, 0.5) is 10.8 Å². The van der Waals surface area contributed by atoms with Gasteiger partial charge in [0.25, 0.3) is 0 Å². The second-order valence-corrected chi connectivity index (χ2v) is 7.41. The first-order chi connectivity index (χ1) is 14.0. The largest absolute Gasteiger partial charge is 0.383 e. The zero-order valence-electron chi connectivity index (χ0n) is 17.5. The molecule has 0 saturated heterocycles. The summed E-state index contributed by atoms with van der Waals surface area (Å²) in [6.07, 6.45) is 5.04. The van der Waals surface area contributed by atoms with Gasteiger partial charge in [-0.15, -0.1) is 11.3 Å². The molecule has 2 rings (SSSR count). The second-order valence-electron chi connectivity index (χ2n) is 6.57. The summed E-state index contributed by atoms with van der Waals surface area (Å²) in [4.78, 5) is 32.8. The highest BCUT2D eigenvalue weighted by Crippen LogP contribution is 2.29. The minimum absolute atomic E-state index is 0.0585. The number of hydrogen-bond acceptors (Lipinski definition) is 5. The maximum atomic E-state index is 12.7. The average Bonchev–Trinajstić information content (AvgIpc) is 3.18. The maximum Gasteiger partial charge on any atom is 0.246 e. The summed E-state index contributed by atoms with van der Waals surface area (Å²) in [5, 5.41) is 2.42. The van der Waals surface area contributed by atoms with Crippen molar-refractivity contribution < 1.29 is 14.3 Å². The number of rotatable bonds is 10. The molecule has 0 saturated carbocycles. The van der Waals surface area contributed by atoms with Gasteiger partial charge in [0.2, 0.25) is 11.8 Å². The van der Waals surface area contributed by atoms with E-state index in [9.17, 15) is 9.59 Å². The lowest BCUT2D eigenvalue weighted by atomic mass is 10.1. The topological polar surface area (TPSA) is 62.7 Å². The predicted octanol–water partition coefficient (Wildman–Crippen LogP) is 4.50. The lowest BCUT2D eigenvalue weighted by molar-refractivity contribution is -0.129. The van der Waals surface area contributed by atoms with Gasteiger partial charge in [0, 0.05) is 38.1 Å². The summed E-state index contributed by atoms with van der Waals surface area (Å²) in [6, 6.07) is 9.57. The van der Waals surface area contributed by atoms with Gasteiger partial charge < -0.3 is 9.64 Å². The van der Waals surface area contributed by atoms with Crippen LogP contribution in [0.25, 0.3) is 6.08 Å². The number of carbonyl (C=O) groups is 2. The van der Waals surface area contributed by atoms with Crippen LogP contribution in [0.5, 0.6) is 0 Å². The lowest BCUT2D eigenvalue weighted by Crippen LogP contribution is -2.40. The zero-order valence-corrected chi connectivity index (χ0v) is 18.3. The number of methoxy groups -OCH3 is 1. The number of amides is 2. The molecule has 0 aliphatic rings. The molecule has 0 spiro atoms. The van der Waals surface area contributed by atoms with Gasteiger partial charge in [-0.3, -0.25) is 14.5 Å². The molecule has 0 atom stereocenters. The third-order valence-electron chi connectivity index (χ3n) is 4.63. The Morgan fingerprint density at radius 3 is 2.48 bits per heavy atom. The molecule has 6 nitrogen and oxygen atoms in total. The van der Waals surface area contributed by atoms with Crippen LogP contribution in [-0.2, 0) is 14.3 Å². The van der Waals surface area contributed by atoms with E-state index >= 15 is 0 Å². The SMILES string of the molecule is CCC(CC)N(CCOC)C(=O)/C=C/c1csc(N(C(C)=O)c2ccccc2)n1. The molecule has 0 bridgehead atoms. The summed E-state index contributed by atoms with van der Waals surface area (Å²) in [5.74, 6) is -0.173. The fourth-order valence-electron chi connectivity index (χ4n) is 3.10. The Morgan fingerprint density at radius 1 is 1.21 bits per heavy atom. The molecule has 0 unspecified atom stereocenters. The predicted molar refractivity (Wildman–Crippen MR) is 118 cm³/mol. The van der Waals surface area contributed by atoms with Crippen molar-refractivity contribution in [3.8, 4) is 0 Å². The highest BCUT2D eigenvalue weighted by atomic mass is 32.1. The van der Waals surface area contributed by atoms with Crippen LogP contribution in [0.2, 0.25) is 0 Å². The monoisotopic (exact) mass is 415 g/mol. The third kappa shape index (κ3) is 6.24. The molecule has 0 radical (unpaired) electrons. The summed E-state index contributed by atoms with van der Waals surface area (Å²) >= 11 is 1.37. The van der Waals surface area contributed by atoms with E-state index in [2.05, 4.69) is 18.8 Å². The molecule has 2 aromatic rings. The Balaban J connectivity index is 2.17. The zero-order chi connectivity index (χ0) is 21.2. The quantitative estimate of drug-likeness (QED) is 0.536. The smallest absolute Gasteiger partial charge is 0.246 e. The number of carbonyl (C=O) groups excluding carboxylic acids is 2. The minimum atomic E-state index is -0.114. The summed E-state index contributed by atoms with van der Waals surface area (Å²) < 4.78 is 5.15. The molecule has 0 aliphatic carbocycles. The molecule has 1 heterocycles. The molecule has 0 N–H and O–H groups in total. The Kier molecular flexibility index (Phi) is 9.02. The summed E-state index contributed by atoms with van der Waals surface area (Å²) in [5.41, 5.74) is 1.41. The summed E-state index contributed by atoms with van der Waals surface area (Å²) in [7, 11) is 1.63. The molecule has 156 valence electrons. The summed E-state index contributed by atoms with van der Waals surface area (Å²) in [6.45, 7) is 6.73. The van der Waals surface area contributed by atoms with Crippen LogP contribution in [0.3, 0.4) is 0 Å². The average molecular weight is 416 g/mol. The highest BCUT2D eigenvalue weighted by Gasteiger charge is 2.20. The van der Waals surface area contributed by atoms with Crippen molar-refractivity contribution in [3.05, 3.63) is 47.5 Å². The van der Waals surface area contributed by atoms with Crippen molar-refractivity contribution in [2.24, 2.45) is 0 Å². The molecule has 29 heavy (non-hydrogen) atoms. The van der Waals surface area contributed by atoms with Crippen molar-refractivity contribution in [3.63, 3.8) is 0 Å². The van der Waals surface area contributed by atoms with Crippen molar-refractivity contribution >= 4 is 40.0 Å². The number of nitrogens with zero attached hydrogens (tertiary/aromatic N) is 3. The molecule has 0 aliphatic heterocycles. The molecular formula is C22H29N3O3S. The van der Waals surface area contributed by atoms with Crippen molar-refractivity contribution in [1.29, 1.82) is 0 Å². The van der Waals surface area contributed by atoms with Crippen LogP contribution in [-0.4, -0.2) is 48.0 Å². The van der Waals surface area contributed by atoms with Gasteiger partial charge >= 0.3 is 0 Å². The van der Waals surface area contributed by atoms with Crippen molar-refractivity contribution in [2.45, 2.75) is 39.7 Å². The fourth-order valence-corrected chi connectivity index (χ4v) is 3.96. The van der Waals surface area contributed by atoms with Gasteiger partial charge in [-0.1, -0.05) is 32.0 Å². The van der Waals surface area contributed by atoms with Crippen molar-refractivity contribution in [2.75, 3.05) is 25.2 Å². The molecule has 7 heteroatoms. The standard InChI is InChI=1S/C22H29N3O3S/c1-5-19(6-2)24(14-15-28-4)21(27)13-12-18-16-29-22(23-18)25(17(3)26)20-10-8-7-9-11-20/h7-13,16,19H,5-6,14-15H2,1-4H3/b13-12+. The number of thiazole rings is 1.